The molecule has 0 radical (unpaired) electrons. The molecule has 1 saturated heterocycles. The lowest BCUT2D eigenvalue weighted by atomic mass is 10.1. The molecule has 2 nitrogen and oxygen atoms in total. The molecular formula is C10H22N2S. The van der Waals surface area contributed by atoms with Gasteiger partial charge in [-0.25, -0.2) is 0 Å². The summed E-state index contributed by atoms with van der Waals surface area (Å²) in [6, 6.07) is 0.396. The Balaban J connectivity index is 2.17. The molecule has 0 bridgehead atoms. The summed E-state index contributed by atoms with van der Waals surface area (Å²) >= 11 is 2.08. The van der Waals surface area contributed by atoms with Crippen LogP contribution in [0.15, 0.2) is 0 Å². The highest BCUT2D eigenvalue weighted by molar-refractivity contribution is 7.99. The van der Waals surface area contributed by atoms with Crippen LogP contribution in [0.1, 0.15) is 26.2 Å². The van der Waals surface area contributed by atoms with Gasteiger partial charge in [0.05, 0.1) is 0 Å². The Labute approximate surface area is 86.2 Å². The molecule has 0 aromatic carbocycles. The average Bonchev–Trinajstić information content (AvgIpc) is 2.33. The summed E-state index contributed by atoms with van der Waals surface area (Å²) < 4.78 is 0. The zero-order valence-electron chi connectivity index (χ0n) is 8.67. The van der Waals surface area contributed by atoms with Crippen molar-refractivity contribution < 1.29 is 0 Å². The SMILES string of the molecule is CCCC(N)CN1CCCSCC1. The number of nitrogens with two attached hydrogens (primary N) is 1. The number of hydrogen-bond acceptors (Lipinski definition) is 3. The number of rotatable bonds is 4. The molecule has 1 fully saturated rings. The summed E-state index contributed by atoms with van der Waals surface area (Å²) in [7, 11) is 0. The Morgan fingerprint density at radius 2 is 2.23 bits per heavy atom. The third-order valence-electron chi connectivity index (χ3n) is 2.47. The minimum absolute atomic E-state index is 0.396. The normalized spacial score (nSPS) is 22.6. The topological polar surface area (TPSA) is 29.3 Å². The highest BCUT2D eigenvalue weighted by Crippen LogP contribution is 2.10. The Morgan fingerprint density at radius 1 is 1.38 bits per heavy atom. The molecule has 1 atom stereocenters. The average molecular weight is 202 g/mol. The maximum Gasteiger partial charge on any atom is 0.0167 e. The van der Waals surface area contributed by atoms with Gasteiger partial charge in [-0.15, -0.1) is 0 Å². The third kappa shape index (κ3) is 4.89. The van der Waals surface area contributed by atoms with Gasteiger partial charge >= 0.3 is 0 Å². The largest absolute Gasteiger partial charge is 0.327 e. The molecule has 0 amide bonds. The van der Waals surface area contributed by atoms with Gasteiger partial charge in [0.25, 0.3) is 0 Å². The van der Waals surface area contributed by atoms with Gasteiger partial charge in [0.1, 0.15) is 0 Å². The molecule has 0 aliphatic carbocycles. The summed E-state index contributed by atoms with van der Waals surface area (Å²) in [5, 5.41) is 0. The van der Waals surface area contributed by atoms with Gasteiger partial charge in [0, 0.05) is 24.9 Å². The molecule has 1 rings (SSSR count). The molecule has 1 unspecified atom stereocenters. The Bertz CT molecular complexity index is 122. The van der Waals surface area contributed by atoms with Crippen LogP contribution in [0, 0.1) is 0 Å². The molecule has 0 aromatic heterocycles. The van der Waals surface area contributed by atoms with Crippen LogP contribution in [0.2, 0.25) is 0 Å². The highest BCUT2D eigenvalue weighted by atomic mass is 32.2. The Hall–Kier alpha value is 0.270. The van der Waals surface area contributed by atoms with E-state index < -0.39 is 0 Å². The molecule has 0 spiro atoms. The fourth-order valence-electron chi connectivity index (χ4n) is 1.77. The minimum Gasteiger partial charge on any atom is -0.327 e. The van der Waals surface area contributed by atoms with E-state index in [0.29, 0.717) is 6.04 Å². The lowest BCUT2D eigenvalue weighted by molar-refractivity contribution is 0.271. The van der Waals surface area contributed by atoms with E-state index >= 15 is 0 Å². The van der Waals surface area contributed by atoms with Crippen LogP contribution in [0.4, 0.5) is 0 Å². The minimum atomic E-state index is 0.396. The van der Waals surface area contributed by atoms with Crippen molar-refractivity contribution in [2.75, 3.05) is 31.1 Å². The summed E-state index contributed by atoms with van der Waals surface area (Å²) in [5.74, 6) is 2.62. The van der Waals surface area contributed by atoms with Crippen molar-refractivity contribution in [1.29, 1.82) is 0 Å². The van der Waals surface area contributed by atoms with Crippen LogP contribution in [0.3, 0.4) is 0 Å². The summed E-state index contributed by atoms with van der Waals surface area (Å²) in [4.78, 5) is 2.53. The standard InChI is InChI=1S/C10H22N2S/c1-2-4-10(11)9-12-5-3-7-13-8-6-12/h10H,2-9,11H2,1H3. The fraction of sp³-hybridized carbons (Fsp3) is 1.00. The van der Waals surface area contributed by atoms with Crippen molar-refractivity contribution in [1.82, 2.24) is 4.90 Å². The maximum absolute atomic E-state index is 6.02. The van der Waals surface area contributed by atoms with Crippen LogP contribution in [-0.2, 0) is 0 Å². The first-order valence-electron chi connectivity index (χ1n) is 5.38. The quantitative estimate of drug-likeness (QED) is 0.750. The third-order valence-corrected chi connectivity index (χ3v) is 3.52. The lowest BCUT2D eigenvalue weighted by Crippen LogP contribution is -2.38. The molecule has 2 N–H and O–H groups in total. The van der Waals surface area contributed by atoms with E-state index in [0.717, 1.165) is 6.54 Å². The Kier molecular flexibility index (Phi) is 5.83. The zero-order chi connectivity index (χ0) is 9.52. The number of nitrogens with zero attached hydrogens (tertiary/aromatic N) is 1. The van der Waals surface area contributed by atoms with E-state index in [-0.39, 0.29) is 0 Å². The van der Waals surface area contributed by atoms with Gasteiger partial charge in [-0.3, -0.25) is 0 Å². The molecule has 13 heavy (non-hydrogen) atoms. The number of hydrogen-bond donors (Lipinski definition) is 1. The first-order valence-corrected chi connectivity index (χ1v) is 6.54. The smallest absolute Gasteiger partial charge is 0.0167 e. The molecule has 3 heteroatoms. The number of thioether (sulfide) groups is 1. The van der Waals surface area contributed by atoms with E-state index in [2.05, 4.69) is 23.6 Å². The first kappa shape index (κ1) is 11.3. The summed E-state index contributed by atoms with van der Waals surface area (Å²) in [6.07, 6.45) is 3.72. The maximum atomic E-state index is 6.02. The highest BCUT2D eigenvalue weighted by Gasteiger charge is 2.11. The lowest BCUT2D eigenvalue weighted by Gasteiger charge is -2.23. The summed E-state index contributed by atoms with van der Waals surface area (Å²) in [5.41, 5.74) is 6.02. The molecule has 0 aromatic rings. The van der Waals surface area contributed by atoms with Crippen LogP contribution < -0.4 is 5.73 Å². The predicted octanol–water partition coefficient (Wildman–Crippen LogP) is 1.55. The van der Waals surface area contributed by atoms with Crippen LogP contribution in [0.5, 0.6) is 0 Å². The molecule has 1 heterocycles. The van der Waals surface area contributed by atoms with Gasteiger partial charge in [0.2, 0.25) is 0 Å². The van der Waals surface area contributed by atoms with Crippen molar-refractivity contribution in [3.8, 4) is 0 Å². The van der Waals surface area contributed by atoms with Crippen molar-refractivity contribution >= 4 is 11.8 Å². The van der Waals surface area contributed by atoms with E-state index in [9.17, 15) is 0 Å². The molecule has 0 saturated carbocycles. The van der Waals surface area contributed by atoms with Crippen molar-refractivity contribution in [2.24, 2.45) is 5.73 Å². The molecule has 78 valence electrons. The van der Waals surface area contributed by atoms with Gasteiger partial charge in [-0.05, 0) is 25.1 Å². The van der Waals surface area contributed by atoms with E-state index in [1.165, 1.54) is 43.9 Å². The molecular weight excluding hydrogens is 180 g/mol. The van der Waals surface area contributed by atoms with Gasteiger partial charge in [-0.1, -0.05) is 13.3 Å². The zero-order valence-corrected chi connectivity index (χ0v) is 9.48. The van der Waals surface area contributed by atoms with Gasteiger partial charge in [-0.2, -0.15) is 11.8 Å². The summed E-state index contributed by atoms with van der Waals surface area (Å²) in [6.45, 7) is 5.80. The van der Waals surface area contributed by atoms with Crippen LogP contribution in [0.25, 0.3) is 0 Å². The van der Waals surface area contributed by atoms with E-state index in [1.54, 1.807) is 0 Å². The van der Waals surface area contributed by atoms with E-state index in [1.807, 2.05) is 0 Å². The molecule has 1 aliphatic rings. The monoisotopic (exact) mass is 202 g/mol. The van der Waals surface area contributed by atoms with Crippen molar-refractivity contribution in [3.63, 3.8) is 0 Å². The van der Waals surface area contributed by atoms with Gasteiger partial charge in [0.15, 0.2) is 0 Å². The fourth-order valence-corrected chi connectivity index (χ4v) is 2.70. The first-order chi connectivity index (χ1) is 6.33. The van der Waals surface area contributed by atoms with Crippen LogP contribution >= 0.6 is 11.8 Å². The van der Waals surface area contributed by atoms with Crippen LogP contribution in [-0.4, -0.2) is 42.1 Å². The van der Waals surface area contributed by atoms with Gasteiger partial charge < -0.3 is 10.6 Å². The van der Waals surface area contributed by atoms with Crippen molar-refractivity contribution in [3.05, 3.63) is 0 Å². The second-order valence-electron chi connectivity index (χ2n) is 3.82. The second kappa shape index (κ2) is 6.68. The molecule has 1 aliphatic heterocycles. The second-order valence-corrected chi connectivity index (χ2v) is 5.04. The predicted molar refractivity (Wildman–Crippen MR) is 61.3 cm³/mol. The van der Waals surface area contributed by atoms with E-state index in [4.69, 9.17) is 5.73 Å². The van der Waals surface area contributed by atoms with Crippen molar-refractivity contribution in [2.45, 2.75) is 32.2 Å². The Morgan fingerprint density at radius 3 is 3.00 bits per heavy atom.